The van der Waals surface area contributed by atoms with Gasteiger partial charge < -0.3 is 15.7 Å². The van der Waals surface area contributed by atoms with Crippen molar-refractivity contribution in [2.75, 3.05) is 6.54 Å². The van der Waals surface area contributed by atoms with E-state index in [0.717, 1.165) is 5.56 Å². The monoisotopic (exact) mass is 278 g/mol. The molecule has 0 aromatic heterocycles. The highest BCUT2D eigenvalue weighted by Gasteiger charge is 2.13. The summed E-state index contributed by atoms with van der Waals surface area (Å²) in [5.41, 5.74) is 0.897. The molecule has 2 amide bonds. The summed E-state index contributed by atoms with van der Waals surface area (Å²) in [7, 11) is 0. The Bertz CT molecular complexity index is 473. The first-order chi connectivity index (χ1) is 9.49. The molecule has 1 atom stereocenters. The van der Waals surface area contributed by atoms with Crippen LogP contribution < -0.4 is 10.6 Å². The van der Waals surface area contributed by atoms with Crippen molar-refractivity contribution in [2.45, 2.75) is 25.8 Å². The van der Waals surface area contributed by atoms with Gasteiger partial charge in [0.15, 0.2) is 0 Å². The molecular formula is C14H18N2O4. The summed E-state index contributed by atoms with van der Waals surface area (Å²) < 4.78 is 0. The number of benzene rings is 1. The van der Waals surface area contributed by atoms with Crippen molar-refractivity contribution in [3.05, 3.63) is 35.9 Å². The molecule has 6 nitrogen and oxygen atoms in total. The topological polar surface area (TPSA) is 95.5 Å². The maximum absolute atomic E-state index is 11.6. The normalized spacial score (nSPS) is 11.4. The van der Waals surface area contributed by atoms with Crippen molar-refractivity contribution in [1.29, 1.82) is 0 Å². The van der Waals surface area contributed by atoms with Gasteiger partial charge in [-0.3, -0.25) is 14.4 Å². The third kappa shape index (κ3) is 5.99. The number of carbonyl (C=O) groups is 3. The van der Waals surface area contributed by atoms with Gasteiger partial charge >= 0.3 is 5.97 Å². The maximum atomic E-state index is 11.6. The second-order valence-corrected chi connectivity index (χ2v) is 4.39. The Hall–Kier alpha value is -2.37. The first-order valence-corrected chi connectivity index (χ1v) is 6.32. The van der Waals surface area contributed by atoms with Crippen molar-refractivity contribution in [3.63, 3.8) is 0 Å². The Morgan fingerprint density at radius 2 is 1.80 bits per heavy atom. The molecular weight excluding hydrogens is 260 g/mol. The van der Waals surface area contributed by atoms with Gasteiger partial charge in [0.1, 0.15) is 6.04 Å². The Kier molecular flexibility index (Phi) is 6.22. The maximum Gasteiger partial charge on any atom is 0.325 e. The predicted octanol–water partition coefficient (Wildman–Crippen LogP) is 0.325. The summed E-state index contributed by atoms with van der Waals surface area (Å²) in [6.45, 7) is 1.57. The molecule has 0 heterocycles. The molecule has 0 bridgehead atoms. The Balaban J connectivity index is 2.22. The van der Waals surface area contributed by atoms with E-state index in [1.807, 2.05) is 30.3 Å². The van der Waals surface area contributed by atoms with E-state index in [0.29, 0.717) is 0 Å². The molecule has 0 aliphatic carbocycles. The average molecular weight is 278 g/mol. The van der Waals surface area contributed by atoms with Gasteiger partial charge in [0.05, 0.1) is 6.42 Å². The van der Waals surface area contributed by atoms with Crippen LogP contribution in [0.15, 0.2) is 30.3 Å². The van der Waals surface area contributed by atoms with E-state index in [1.165, 1.54) is 6.92 Å². The summed E-state index contributed by atoms with van der Waals surface area (Å²) >= 11 is 0. The number of hydrogen-bond acceptors (Lipinski definition) is 3. The fourth-order valence-electron chi connectivity index (χ4n) is 1.53. The molecule has 0 spiro atoms. The van der Waals surface area contributed by atoms with E-state index in [9.17, 15) is 14.4 Å². The number of carbonyl (C=O) groups excluding carboxylic acids is 2. The summed E-state index contributed by atoms with van der Waals surface area (Å²) in [5, 5.41) is 13.6. The van der Waals surface area contributed by atoms with Crippen LogP contribution in [0.1, 0.15) is 18.9 Å². The summed E-state index contributed by atoms with van der Waals surface area (Å²) in [4.78, 5) is 33.5. The van der Waals surface area contributed by atoms with E-state index in [4.69, 9.17) is 5.11 Å². The number of carboxylic acid groups (broad SMARTS) is 1. The highest BCUT2D eigenvalue weighted by atomic mass is 16.4. The fourth-order valence-corrected chi connectivity index (χ4v) is 1.53. The molecule has 1 aromatic rings. The highest BCUT2D eigenvalue weighted by molar-refractivity contribution is 5.84. The van der Waals surface area contributed by atoms with Crippen LogP contribution in [0.4, 0.5) is 0 Å². The van der Waals surface area contributed by atoms with Crippen LogP contribution in [0.5, 0.6) is 0 Å². The van der Waals surface area contributed by atoms with Crippen molar-refractivity contribution < 1.29 is 19.5 Å². The van der Waals surface area contributed by atoms with Gasteiger partial charge in [0.25, 0.3) is 0 Å². The van der Waals surface area contributed by atoms with Gasteiger partial charge in [-0.2, -0.15) is 0 Å². The number of amides is 2. The molecule has 0 aliphatic heterocycles. The van der Waals surface area contributed by atoms with E-state index in [1.54, 1.807) is 0 Å². The second kappa shape index (κ2) is 7.93. The predicted molar refractivity (Wildman–Crippen MR) is 73.0 cm³/mol. The Morgan fingerprint density at radius 1 is 1.15 bits per heavy atom. The van der Waals surface area contributed by atoms with E-state index < -0.39 is 17.9 Å². The lowest BCUT2D eigenvalue weighted by Crippen LogP contribution is -2.40. The molecule has 1 rings (SSSR count). The molecule has 0 saturated carbocycles. The number of carboxylic acids is 1. The first kappa shape index (κ1) is 15.7. The molecule has 6 heteroatoms. The zero-order valence-electron chi connectivity index (χ0n) is 11.3. The summed E-state index contributed by atoms with van der Waals surface area (Å²) in [5.74, 6) is -1.67. The lowest BCUT2D eigenvalue weighted by atomic mass is 10.1. The van der Waals surface area contributed by atoms with Gasteiger partial charge in [-0.25, -0.2) is 0 Å². The van der Waals surface area contributed by atoms with Gasteiger partial charge in [0.2, 0.25) is 11.8 Å². The van der Waals surface area contributed by atoms with Crippen LogP contribution in [-0.4, -0.2) is 35.5 Å². The second-order valence-electron chi connectivity index (χ2n) is 4.39. The number of nitrogens with one attached hydrogen (secondary N) is 2. The van der Waals surface area contributed by atoms with Crippen molar-refractivity contribution in [2.24, 2.45) is 0 Å². The van der Waals surface area contributed by atoms with Crippen LogP contribution in [0.3, 0.4) is 0 Å². The lowest BCUT2D eigenvalue weighted by Gasteiger charge is -2.09. The van der Waals surface area contributed by atoms with Crippen LogP contribution in [-0.2, 0) is 20.8 Å². The number of rotatable bonds is 7. The molecule has 108 valence electrons. The van der Waals surface area contributed by atoms with Gasteiger partial charge in [-0.1, -0.05) is 30.3 Å². The van der Waals surface area contributed by atoms with Crippen LogP contribution in [0.2, 0.25) is 0 Å². The summed E-state index contributed by atoms with van der Waals surface area (Å²) in [6, 6.07) is 8.34. The van der Waals surface area contributed by atoms with E-state index in [-0.39, 0.29) is 25.3 Å². The minimum absolute atomic E-state index is 0.0537. The largest absolute Gasteiger partial charge is 0.480 e. The molecule has 0 fully saturated rings. The van der Waals surface area contributed by atoms with Gasteiger partial charge in [-0.05, 0) is 12.5 Å². The third-order valence-corrected chi connectivity index (χ3v) is 2.63. The molecule has 1 unspecified atom stereocenters. The van der Waals surface area contributed by atoms with Crippen LogP contribution in [0.25, 0.3) is 0 Å². The number of aliphatic carboxylic acids is 1. The molecule has 0 radical (unpaired) electrons. The quantitative estimate of drug-likeness (QED) is 0.669. The smallest absolute Gasteiger partial charge is 0.325 e. The van der Waals surface area contributed by atoms with E-state index in [2.05, 4.69) is 10.6 Å². The standard InChI is InChI=1S/C14H18N2O4/c1-10(14(19)20)16-12(17)7-8-15-13(18)9-11-5-3-2-4-6-11/h2-6,10H,7-9H2,1H3,(H,15,18)(H,16,17)(H,19,20). The third-order valence-electron chi connectivity index (χ3n) is 2.63. The zero-order valence-corrected chi connectivity index (χ0v) is 11.3. The Labute approximate surface area is 117 Å². The fraction of sp³-hybridized carbons (Fsp3) is 0.357. The van der Waals surface area contributed by atoms with Crippen molar-refractivity contribution in [3.8, 4) is 0 Å². The van der Waals surface area contributed by atoms with Crippen molar-refractivity contribution in [1.82, 2.24) is 10.6 Å². The molecule has 20 heavy (non-hydrogen) atoms. The first-order valence-electron chi connectivity index (χ1n) is 6.32. The van der Waals surface area contributed by atoms with Gasteiger partial charge in [0, 0.05) is 13.0 Å². The SMILES string of the molecule is CC(NC(=O)CCNC(=O)Cc1ccccc1)C(=O)O. The van der Waals surface area contributed by atoms with Crippen LogP contribution >= 0.6 is 0 Å². The average Bonchev–Trinajstić information content (AvgIpc) is 2.39. The minimum Gasteiger partial charge on any atom is -0.480 e. The zero-order chi connectivity index (χ0) is 15.0. The Morgan fingerprint density at radius 3 is 2.40 bits per heavy atom. The van der Waals surface area contributed by atoms with Crippen LogP contribution in [0, 0.1) is 0 Å². The summed E-state index contributed by atoms with van der Waals surface area (Å²) in [6.07, 6.45) is 0.312. The molecule has 1 aromatic carbocycles. The molecule has 0 aliphatic rings. The highest BCUT2D eigenvalue weighted by Crippen LogP contribution is 1.99. The minimum atomic E-state index is -1.09. The van der Waals surface area contributed by atoms with E-state index >= 15 is 0 Å². The van der Waals surface area contributed by atoms with Crippen molar-refractivity contribution >= 4 is 17.8 Å². The molecule has 0 saturated heterocycles. The number of hydrogen-bond donors (Lipinski definition) is 3. The van der Waals surface area contributed by atoms with Gasteiger partial charge in [-0.15, -0.1) is 0 Å². The molecule has 3 N–H and O–H groups in total. The lowest BCUT2D eigenvalue weighted by molar-refractivity contribution is -0.141.